The maximum atomic E-state index is 12.2. The van der Waals surface area contributed by atoms with Gasteiger partial charge in [0.15, 0.2) is 11.0 Å². The third-order valence-electron chi connectivity index (χ3n) is 3.89. The molecule has 28 heavy (non-hydrogen) atoms. The van der Waals surface area contributed by atoms with Crippen molar-refractivity contribution in [3.63, 3.8) is 0 Å². The molecular formula is C18H17N5O4S. The molecule has 0 saturated heterocycles. The van der Waals surface area contributed by atoms with Gasteiger partial charge in [-0.25, -0.2) is 0 Å². The number of rotatable bonds is 7. The molecule has 0 aliphatic rings. The number of nitro groups is 1. The average Bonchev–Trinajstić information content (AvgIpc) is 3.06. The first-order valence-electron chi connectivity index (χ1n) is 8.20. The van der Waals surface area contributed by atoms with E-state index in [1.54, 1.807) is 30.9 Å². The number of benzene rings is 2. The van der Waals surface area contributed by atoms with Crippen molar-refractivity contribution in [3.8, 4) is 17.1 Å². The highest BCUT2D eigenvalue weighted by atomic mass is 32.2. The SMILES string of the molecule is COc1ccccc1-c1nnc(SCC(=O)Nc2ccccc2[N+](=O)[O-])n1C. The monoisotopic (exact) mass is 399 g/mol. The van der Waals surface area contributed by atoms with E-state index in [0.29, 0.717) is 16.7 Å². The second-order valence-electron chi connectivity index (χ2n) is 5.68. The molecule has 3 aromatic rings. The summed E-state index contributed by atoms with van der Waals surface area (Å²) in [6, 6.07) is 13.4. The predicted molar refractivity (Wildman–Crippen MR) is 105 cm³/mol. The summed E-state index contributed by atoms with van der Waals surface area (Å²) >= 11 is 1.18. The molecule has 2 aromatic carbocycles. The Morgan fingerprint density at radius 2 is 1.93 bits per heavy atom. The lowest BCUT2D eigenvalue weighted by molar-refractivity contribution is -0.383. The lowest BCUT2D eigenvalue weighted by Gasteiger charge is -2.08. The van der Waals surface area contributed by atoms with Crippen molar-refractivity contribution in [2.45, 2.75) is 5.16 Å². The van der Waals surface area contributed by atoms with Gasteiger partial charge in [0.1, 0.15) is 11.4 Å². The van der Waals surface area contributed by atoms with Crippen molar-refractivity contribution in [3.05, 3.63) is 58.6 Å². The second-order valence-corrected chi connectivity index (χ2v) is 6.62. The molecule has 144 valence electrons. The summed E-state index contributed by atoms with van der Waals surface area (Å²) in [6.07, 6.45) is 0. The molecule has 0 fully saturated rings. The van der Waals surface area contributed by atoms with Crippen LogP contribution in [0.15, 0.2) is 53.7 Å². The van der Waals surface area contributed by atoms with E-state index in [1.165, 1.54) is 23.9 Å². The Kier molecular flexibility index (Phi) is 5.90. The fraction of sp³-hybridized carbons (Fsp3) is 0.167. The number of aromatic nitrogens is 3. The van der Waals surface area contributed by atoms with Crippen LogP contribution in [0.3, 0.4) is 0 Å². The van der Waals surface area contributed by atoms with Crippen LogP contribution >= 0.6 is 11.8 Å². The Bertz CT molecular complexity index is 1020. The average molecular weight is 399 g/mol. The van der Waals surface area contributed by atoms with Gasteiger partial charge in [0, 0.05) is 13.1 Å². The molecule has 0 radical (unpaired) electrons. The number of nitrogens with one attached hydrogen (secondary N) is 1. The van der Waals surface area contributed by atoms with Crippen LogP contribution < -0.4 is 10.1 Å². The quantitative estimate of drug-likeness (QED) is 0.369. The number of thioether (sulfide) groups is 1. The molecule has 3 rings (SSSR count). The highest BCUT2D eigenvalue weighted by Crippen LogP contribution is 2.30. The zero-order valence-corrected chi connectivity index (χ0v) is 16.0. The molecule has 0 unspecified atom stereocenters. The molecule has 0 bridgehead atoms. The maximum Gasteiger partial charge on any atom is 0.292 e. The maximum absolute atomic E-state index is 12.2. The van der Waals surface area contributed by atoms with Gasteiger partial charge in [-0.2, -0.15) is 0 Å². The number of hydrogen-bond acceptors (Lipinski definition) is 7. The zero-order valence-electron chi connectivity index (χ0n) is 15.2. The molecule has 0 aliphatic heterocycles. The van der Waals surface area contributed by atoms with Crippen molar-refractivity contribution in [2.75, 3.05) is 18.2 Å². The number of methoxy groups -OCH3 is 1. The molecule has 1 N–H and O–H groups in total. The van der Waals surface area contributed by atoms with Crippen molar-refractivity contribution >= 4 is 29.0 Å². The van der Waals surface area contributed by atoms with Crippen molar-refractivity contribution < 1.29 is 14.5 Å². The summed E-state index contributed by atoms with van der Waals surface area (Å²) in [4.78, 5) is 22.7. The minimum atomic E-state index is -0.537. The van der Waals surface area contributed by atoms with Crippen LogP contribution in [0, 0.1) is 10.1 Å². The number of nitro benzene ring substituents is 1. The lowest BCUT2D eigenvalue weighted by atomic mass is 10.2. The molecule has 0 atom stereocenters. The summed E-state index contributed by atoms with van der Waals surface area (Å²) in [5.41, 5.74) is 0.792. The Morgan fingerprint density at radius 3 is 2.68 bits per heavy atom. The van der Waals surface area contributed by atoms with E-state index in [-0.39, 0.29) is 23.0 Å². The van der Waals surface area contributed by atoms with Gasteiger partial charge in [0.2, 0.25) is 5.91 Å². The Hall–Kier alpha value is -3.40. The van der Waals surface area contributed by atoms with E-state index in [2.05, 4.69) is 15.5 Å². The van der Waals surface area contributed by atoms with Crippen LogP contribution in [0.4, 0.5) is 11.4 Å². The number of anilines is 1. The first kappa shape index (κ1) is 19.4. The summed E-state index contributed by atoms with van der Waals surface area (Å²) in [5, 5.41) is 22.4. The number of para-hydroxylation sites is 3. The highest BCUT2D eigenvalue weighted by Gasteiger charge is 2.18. The highest BCUT2D eigenvalue weighted by molar-refractivity contribution is 7.99. The molecule has 1 aromatic heterocycles. The van der Waals surface area contributed by atoms with Gasteiger partial charge >= 0.3 is 0 Å². The number of amides is 1. The van der Waals surface area contributed by atoms with E-state index in [0.717, 1.165) is 5.56 Å². The minimum absolute atomic E-state index is 0.0317. The van der Waals surface area contributed by atoms with Crippen molar-refractivity contribution in [1.82, 2.24) is 14.8 Å². The smallest absolute Gasteiger partial charge is 0.292 e. The Labute approximate surface area is 164 Å². The molecule has 1 amide bonds. The van der Waals surface area contributed by atoms with Crippen LogP contribution in [0.1, 0.15) is 0 Å². The van der Waals surface area contributed by atoms with E-state index < -0.39 is 4.92 Å². The summed E-state index contributed by atoms with van der Waals surface area (Å²) in [5.74, 6) is 0.938. The topological polar surface area (TPSA) is 112 Å². The largest absolute Gasteiger partial charge is 0.496 e. The second kappa shape index (κ2) is 8.53. The zero-order chi connectivity index (χ0) is 20.1. The van der Waals surface area contributed by atoms with Crippen LogP contribution in [-0.2, 0) is 11.8 Å². The Morgan fingerprint density at radius 1 is 1.21 bits per heavy atom. The van der Waals surface area contributed by atoms with Crippen LogP contribution in [0.25, 0.3) is 11.4 Å². The van der Waals surface area contributed by atoms with Gasteiger partial charge < -0.3 is 14.6 Å². The van der Waals surface area contributed by atoms with Gasteiger partial charge in [-0.05, 0) is 18.2 Å². The molecule has 1 heterocycles. The predicted octanol–water partition coefficient (Wildman–Crippen LogP) is 3.13. The molecule has 0 saturated carbocycles. The molecule has 0 aliphatic carbocycles. The normalized spacial score (nSPS) is 10.5. The number of hydrogen-bond donors (Lipinski definition) is 1. The van der Waals surface area contributed by atoms with Gasteiger partial charge in [0.05, 0.1) is 23.3 Å². The third kappa shape index (κ3) is 4.12. The van der Waals surface area contributed by atoms with E-state index in [4.69, 9.17) is 4.74 Å². The van der Waals surface area contributed by atoms with Gasteiger partial charge in [0.25, 0.3) is 5.69 Å². The fourth-order valence-electron chi connectivity index (χ4n) is 2.56. The van der Waals surface area contributed by atoms with Crippen molar-refractivity contribution in [1.29, 1.82) is 0 Å². The third-order valence-corrected chi connectivity index (χ3v) is 4.91. The van der Waals surface area contributed by atoms with Gasteiger partial charge in [-0.1, -0.05) is 36.0 Å². The summed E-state index contributed by atoms with van der Waals surface area (Å²) in [6.45, 7) is 0. The fourth-order valence-corrected chi connectivity index (χ4v) is 3.27. The van der Waals surface area contributed by atoms with Crippen LogP contribution in [-0.4, -0.2) is 38.5 Å². The number of nitrogens with zero attached hydrogens (tertiary/aromatic N) is 4. The standard InChI is InChI=1S/C18H17N5O4S/c1-22-17(12-7-3-6-10-15(12)27-2)20-21-18(22)28-11-16(24)19-13-8-4-5-9-14(13)23(25)26/h3-10H,11H2,1-2H3,(H,19,24). The molecular weight excluding hydrogens is 382 g/mol. The van der Waals surface area contributed by atoms with Crippen LogP contribution in [0.2, 0.25) is 0 Å². The number of carbonyl (C=O) groups excluding carboxylic acids is 1. The number of ether oxygens (including phenoxy) is 1. The van der Waals surface area contributed by atoms with E-state index >= 15 is 0 Å². The number of carbonyl (C=O) groups is 1. The molecule has 9 nitrogen and oxygen atoms in total. The minimum Gasteiger partial charge on any atom is -0.496 e. The van der Waals surface area contributed by atoms with E-state index in [1.807, 2.05) is 24.3 Å². The van der Waals surface area contributed by atoms with Gasteiger partial charge in [-0.3, -0.25) is 14.9 Å². The van der Waals surface area contributed by atoms with Crippen LogP contribution in [0.5, 0.6) is 5.75 Å². The first-order chi connectivity index (χ1) is 13.5. The van der Waals surface area contributed by atoms with Gasteiger partial charge in [-0.15, -0.1) is 10.2 Å². The lowest BCUT2D eigenvalue weighted by Crippen LogP contribution is -2.15. The van der Waals surface area contributed by atoms with E-state index in [9.17, 15) is 14.9 Å². The Balaban J connectivity index is 1.70. The molecule has 10 heteroatoms. The first-order valence-corrected chi connectivity index (χ1v) is 9.18. The molecule has 0 spiro atoms. The van der Waals surface area contributed by atoms with Crippen molar-refractivity contribution in [2.24, 2.45) is 7.05 Å². The summed E-state index contributed by atoms with van der Waals surface area (Å²) in [7, 11) is 3.38. The summed E-state index contributed by atoms with van der Waals surface area (Å²) < 4.78 is 7.12.